The van der Waals surface area contributed by atoms with Gasteiger partial charge in [-0.05, 0) is 38.1 Å². The van der Waals surface area contributed by atoms with Crippen LogP contribution in [0.15, 0.2) is 42.5 Å². The highest BCUT2D eigenvalue weighted by atomic mass is 35.5. The van der Waals surface area contributed by atoms with Gasteiger partial charge in [0.05, 0.1) is 0 Å². The third-order valence-corrected chi connectivity index (χ3v) is 6.52. The fraction of sp³-hybridized carbons (Fsp3) is 0.333. The molecule has 28 heavy (non-hydrogen) atoms. The van der Waals surface area contributed by atoms with Gasteiger partial charge < -0.3 is 14.6 Å². The fourth-order valence-electron chi connectivity index (χ4n) is 3.58. The quantitative estimate of drug-likeness (QED) is 0.474. The molecule has 3 aromatic rings. The smallest absolute Gasteiger partial charge is 0.315 e. The molecule has 0 radical (unpaired) electrons. The van der Waals surface area contributed by atoms with E-state index in [0.717, 1.165) is 28.4 Å². The van der Waals surface area contributed by atoms with E-state index in [2.05, 4.69) is 28.9 Å². The maximum absolute atomic E-state index is 12.2. The number of nitrogens with zero attached hydrogens (tertiary/aromatic N) is 1. The number of hydrogen-bond acceptors (Lipinski definition) is 3. The summed E-state index contributed by atoms with van der Waals surface area (Å²) >= 11 is 11.9. The van der Waals surface area contributed by atoms with Gasteiger partial charge in [0.2, 0.25) is 0 Å². The molecule has 0 saturated heterocycles. The number of alkyl halides is 2. The van der Waals surface area contributed by atoms with E-state index in [0.29, 0.717) is 12.1 Å². The van der Waals surface area contributed by atoms with Crippen molar-refractivity contribution in [2.75, 3.05) is 11.9 Å². The minimum atomic E-state index is -1.11. The number of nitrogens with one attached hydrogen (secondary N) is 1. The van der Waals surface area contributed by atoms with E-state index in [-0.39, 0.29) is 6.61 Å². The Hall–Kier alpha value is -2.24. The van der Waals surface area contributed by atoms with Crippen LogP contribution in [0.4, 0.5) is 5.69 Å². The van der Waals surface area contributed by atoms with E-state index in [1.54, 1.807) is 6.92 Å². The third kappa shape index (κ3) is 3.03. The van der Waals surface area contributed by atoms with Gasteiger partial charge in [0.25, 0.3) is 5.91 Å². The zero-order valence-electron chi connectivity index (χ0n) is 15.6. The van der Waals surface area contributed by atoms with Gasteiger partial charge in [-0.3, -0.25) is 9.59 Å². The van der Waals surface area contributed by atoms with Crippen molar-refractivity contribution in [3.05, 3.63) is 42.5 Å². The Kier molecular flexibility index (Phi) is 4.55. The highest BCUT2D eigenvalue weighted by Gasteiger charge is 2.69. The number of aromatic nitrogens is 1. The number of para-hydroxylation sites is 1. The van der Waals surface area contributed by atoms with Gasteiger partial charge in [0.1, 0.15) is 9.75 Å². The number of carbonyl (C=O) groups is 2. The van der Waals surface area contributed by atoms with Crippen LogP contribution in [0.3, 0.4) is 0 Å². The fourth-order valence-corrected chi connectivity index (χ4v) is 4.27. The Morgan fingerprint density at radius 2 is 1.82 bits per heavy atom. The Bertz CT molecular complexity index is 1110. The van der Waals surface area contributed by atoms with Gasteiger partial charge in [-0.1, -0.05) is 18.2 Å². The average molecular weight is 419 g/mol. The van der Waals surface area contributed by atoms with Crippen molar-refractivity contribution < 1.29 is 14.3 Å². The molecule has 1 aliphatic rings. The normalized spacial score (nSPS) is 20.3. The summed E-state index contributed by atoms with van der Waals surface area (Å²) in [5.74, 6) is -0.972. The number of esters is 1. The molecule has 0 aliphatic heterocycles. The van der Waals surface area contributed by atoms with E-state index in [4.69, 9.17) is 27.9 Å². The first kappa shape index (κ1) is 19.1. The summed E-state index contributed by atoms with van der Waals surface area (Å²) in [6.07, 6.45) is 0.321. The third-order valence-electron chi connectivity index (χ3n) is 5.42. The van der Waals surface area contributed by atoms with Crippen LogP contribution in [0.1, 0.15) is 20.3 Å². The van der Waals surface area contributed by atoms with Crippen LogP contribution < -0.4 is 5.32 Å². The van der Waals surface area contributed by atoms with E-state index in [1.165, 1.54) is 0 Å². The summed E-state index contributed by atoms with van der Waals surface area (Å²) in [5.41, 5.74) is 1.96. The van der Waals surface area contributed by atoms with Crippen LogP contribution in [0.2, 0.25) is 0 Å². The minimum absolute atomic E-state index is 0.321. The van der Waals surface area contributed by atoms with Gasteiger partial charge in [-0.25, -0.2) is 0 Å². The molecule has 1 saturated carbocycles. The van der Waals surface area contributed by atoms with Crippen molar-refractivity contribution in [2.45, 2.75) is 31.1 Å². The number of hydrogen-bond donors (Lipinski definition) is 1. The molecule has 1 aromatic heterocycles. The number of halogens is 2. The van der Waals surface area contributed by atoms with Crippen LogP contribution in [0.25, 0.3) is 21.8 Å². The number of benzene rings is 2. The summed E-state index contributed by atoms with van der Waals surface area (Å²) in [6, 6.07) is 13.9. The molecule has 1 fully saturated rings. The van der Waals surface area contributed by atoms with Gasteiger partial charge in [0, 0.05) is 40.5 Å². The lowest BCUT2D eigenvalue weighted by Gasteiger charge is -2.12. The van der Waals surface area contributed by atoms with Gasteiger partial charge in [-0.2, -0.15) is 0 Å². The summed E-state index contributed by atoms with van der Waals surface area (Å²) in [4.78, 5) is 24.3. The molecule has 2 aromatic carbocycles. The van der Waals surface area contributed by atoms with E-state index >= 15 is 0 Å². The first-order valence-corrected chi connectivity index (χ1v) is 9.88. The number of aryl methyl sites for hydroxylation is 1. The molecule has 0 bridgehead atoms. The van der Waals surface area contributed by atoms with Crippen molar-refractivity contribution in [2.24, 2.45) is 5.41 Å². The van der Waals surface area contributed by atoms with Crippen molar-refractivity contribution in [3.8, 4) is 0 Å². The van der Waals surface area contributed by atoms with Crippen molar-refractivity contribution in [3.63, 3.8) is 0 Å². The first-order valence-electron chi connectivity index (χ1n) is 9.13. The molecule has 1 amide bonds. The molecule has 1 heterocycles. The SMILES string of the molecule is CCn1c2ccccc2c2cc(NC(=O)COC(=O)[C@]3(C)CC3(Cl)Cl)ccc21. The summed E-state index contributed by atoms with van der Waals surface area (Å²) < 4.78 is 6.22. The van der Waals surface area contributed by atoms with Gasteiger partial charge in [-0.15, -0.1) is 23.2 Å². The zero-order valence-corrected chi connectivity index (χ0v) is 17.1. The standard InChI is InChI=1S/C21H20Cl2N2O3/c1-3-25-16-7-5-4-6-14(16)15-10-13(8-9-17(15)25)24-18(26)11-28-19(27)20(2)12-21(20,22)23/h4-10H,3,11-12H2,1-2H3,(H,24,26)/t20-/m0/s1. The number of fused-ring (bicyclic) bond motifs is 3. The van der Waals surface area contributed by atoms with Gasteiger partial charge in [0.15, 0.2) is 6.61 Å². The minimum Gasteiger partial charge on any atom is -0.455 e. The van der Waals surface area contributed by atoms with E-state index in [9.17, 15) is 9.59 Å². The average Bonchev–Trinajstić information content (AvgIpc) is 3.05. The van der Waals surface area contributed by atoms with Crippen LogP contribution in [0.5, 0.6) is 0 Å². The predicted octanol–water partition coefficient (Wildman–Crippen LogP) is 4.88. The van der Waals surface area contributed by atoms with Crippen LogP contribution in [-0.4, -0.2) is 27.4 Å². The Morgan fingerprint density at radius 1 is 1.14 bits per heavy atom. The lowest BCUT2D eigenvalue weighted by atomic mass is 10.1. The highest BCUT2D eigenvalue weighted by molar-refractivity contribution is 6.53. The molecular weight excluding hydrogens is 399 g/mol. The lowest BCUT2D eigenvalue weighted by molar-refractivity contribution is -0.152. The second kappa shape index (κ2) is 6.68. The van der Waals surface area contributed by atoms with Crippen LogP contribution in [0, 0.1) is 5.41 Å². The Morgan fingerprint density at radius 3 is 2.50 bits per heavy atom. The molecule has 1 N–H and O–H groups in total. The Balaban J connectivity index is 1.50. The van der Waals surface area contributed by atoms with Crippen molar-refractivity contribution in [1.29, 1.82) is 0 Å². The van der Waals surface area contributed by atoms with Crippen LogP contribution in [-0.2, 0) is 20.9 Å². The number of carbonyl (C=O) groups excluding carboxylic acids is 2. The summed E-state index contributed by atoms with van der Waals surface area (Å²) in [6.45, 7) is 4.21. The monoisotopic (exact) mass is 418 g/mol. The molecule has 7 heteroatoms. The summed E-state index contributed by atoms with van der Waals surface area (Å²) in [5, 5.41) is 4.97. The molecule has 1 atom stereocenters. The number of ether oxygens (including phenoxy) is 1. The predicted molar refractivity (Wildman–Crippen MR) is 112 cm³/mol. The van der Waals surface area contributed by atoms with Crippen LogP contribution >= 0.6 is 23.2 Å². The number of amides is 1. The molecule has 1 aliphatic carbocycles. The maximum Gasteiger partial charge on any atom is 0.315 e. The topological polar surface area (TPSA) is 60.3 Å². The highest BCUT2D eigenvalue weighted by Crippen LogP contribution is 2.64. The lowest BCUT2D eigenvalue weighted by Crippen LogP contribution is -2.26. The number of rotatable bonds is 5. The van der Waals surface area contributed by atoms with E-state index < -0.39 is 21.6 Å². The molecule has 0 unspecified atom stereocenters. The second-order valence-electron chi connectivity index (χ2n) is 7.33. The molecule has 146 valence electrons. The Labute approximate surface area is 172 Å². The largest absolute Gasteiger partial charge is 0.455 e. The molecule has 4 rings (SSSR count). The molecule has 0 spiro atoms. The van der Waals surface area contributed by atoms with Crippen molar-refractivity contribution >= 4 is 62.6 Å². The number of anilines is 1. The molecule has 5 nitrogen and oxygen atoms in total. The van der Waals surface area contributed by atoms with E-state index in [1.807, 2.05) is 30.3 Å². The first-order chi connectivity index (χ1) is 13.3. The molecular formula is C21H20Cl2N2O3. The second-order valence-corrected chi connectivity index (χ2v) is 8.81. The zero-order chi connectivity index (χ0) is 20.1. The maximum atomic E-state index is 12.2. The van der Waals surface area contributed by atoms with Crippen molar-refractivity contribution in [1.82, 2.24) is 4.57 Å². The van der Waals surface area contributed by atoms with Gasteiger partial charge >= 0.3 is 5.97 Å². The summed E-state index contributed by atoms with van der Waals surface area (Å²) in [7, 11) is 0.